The second-order valence-electron chi connectivity index (χ2n) is 5.91. The van der Waals surface area contributed by atoms with Crippen molar-refractivity contribution in [3.63, 3.8) is 0 Å². The van der Waals surface area contributed by atoms with Crippen molar-refractivity contribution in [3.8, 4) is 0 Å². The minimum Gasteiger partial charge on any atom is -0.478 e. The molecular weight excluding hydrogens is 254 g/mol. The number of hydrogen-bond donors (Lipinski definition) is 2. The van der Waals surface area contributed by atoms with Crippen molar-refractivity contribution >= 4 is 5.97 Å². The quantitative estimate of drug-likeness (QED) is 0.835. The van der Waals surface area contributed by atoms with Crippen LogP contribution < -0.4 is 5.32 Å². The molecule has 0 aromatic carbocycles. The summed E-state index contributed by atoms with van der Waals surface area (Å²) in [5.74, 6) is 1.96. The van der Waals surface area contributed by atoms with Crippen LogP contribution in [0, 0.1) is 18.8 Å². The number of furan rings is 1. The van der Waals surface area contributed by atoms with Gasteiger partial charge in [-0.15, -0.1) is 0 Å². The van der Waals surface area contributed by atoms with Gasteiger partial charge in [0.05, 0.1) is 6.54 Å². The van der Waals surface area contributed by atoms with E-state index in [1.54, 1.807) is 13.0 Å². The summed E-state index contributed by atoms with van der Waals surface area (Å²) in [7, 11) is 0. The van der Waals surface area contributed by atoms with E-state index in [1.807, 2.05) is 0 Å². The molecule has 1 heterocycles. The van der Waals surface area contributed by atoms with Crippen molar-refractivity contribution in [1.29, 1.82) is 0 Å². The van der Waals surface area contributed by atoms with E-state index < -0.39 is 5.97 Å². The zero-order valence-corrected chi connectivity index (χ0v) is 12.4. The third-order valence-corrected chi connectivity index (χ3v) is 4.48. The topological polar surface area (TPSA) is 62.5 Å². The first-order valence-electron chi connectivity index (χ1n) is 7.63. The molecule has 1 aromatic heterocycles. The van der Waals surface area contributed by atoms with E-state index in [4.69, 9.17) is 9.52 Å². The molecule has 0 saturated heterocycles. The van der Waals surface area contributed by atoms with Gasteiger partial charge in [-0.25, -0.2) is 4.79 Å². The highest BCUT2D eigenvalue weighted by atomic mass is 16.4. The number of nitrogens with one attached hydrogen (secondary N) is 1. The predicted octanol–water partition coefficient (Wildman–Crippen LogP) is 3.59. The number of carboxylic acids is 1. The lowest BCUT2D eigenvalue weighted by molar-refractivity contribution is 0.0695. The van der Waals surface area contributed by atoms with E-state index in [1.165, 1.54) is 32.1 Å². The summed E-state index contributed by atoms with van der Waals surface area (Å²) >= 11 is 0. The summed E-state index contributed by atoms with van der Waals surface area (Å²) in [6.45, 7) is 5.59. The van der Waals surface area contributed by atoms with Crippen molar-refractivity contribution in [2.45, 2.75) is 52.5 Å². The normalized spacial score (nSPS) is 22.9. The molecule has 0 aliphatic heterocycles. The monoisotopic (exact) mass is 279 g/mol. The minimum atomic E-state index is -0.921. The molecule has 0 radical (unpaired) electrons. The SMILES string of the molecule is CCC1CCC(CNCc2cc(C(=O)O)c(C)o2)CC1. The Kier molecular flexibility index (Phi) is 5.24. The lowest BCUT2D eigenvalue weighted by atomic mass is 9.81. The molecule has 2 N–H and O–H groups in total. The van der Waals surface area contributed by atoms with Crippen LogP contribution in [0.1, 0.15) is 60.9 Å². The van der Waals surface area contributed by atoms with Crippen LogP contribution in [0.3, 0.4) is 0 Å². The van der Waals surface area contributed by atoms with Crippen LogP contribution in [0.15, 0.2) is 10.5 Å². The van der Waals surface area contributed by atoms with Gasteiger partial charge in [0, 0.05) is 0 Å². The first-order chi connectivity index (χ1) is 9.60. The maximum Gasteiger partial charge on any atom is 0.339 e. The van der Waals surface area contributed by atoms with Crippen molar-refractivity contribution < 1.29 is 14.3 Å². The zero-order valence-electron chi connectivity index (χ0n) is 12.4. The number of aryl methyl sites for hydroxylation is 1. The molecule has 1 aliphatic rings. The highest BCUT2D eigenvalue weighted by molar-refractivity contribution is 5.88. The zero-order chi connectivity index (χ0) is 14.5. The first-order valence-corrected chi connectivity index (χ1v) is 7.63. The summed E-state index contributed by atoms with van der Waals surface area (Å²) < 4.78 is 5.46. The Hall–Kier alpha value is -1.29. The first kappa shape index (κ1) is 15.1. The standard InChI is InChI=1S/C16H25NO3/c1-3-12-4-6-13(7-5-12)9-17-10-14-8-15(16(18)19)11(2)20-14/h8,12-13,17H,3-7,9-10H2,1-2H3,(H,18,19). The molecule has 4 nitrogen and oxygen atoms in total. The second kappa shape index (κ2) is 6.93. The van der Waals surface area contributed by atoms with Crippen LogP contribution in [0.4, 0.5) is 0 Å². The highest BCUT2D eigenvalue weighted by Crippen LogP contribution is 2.30. The van der Waals surface area contributed by atoms with Crippen LogP contribution in [0.25, 0.3) is 0 Å². The predicted molar refractivity (Wildman–Crippen MR) is 77.9 cm³/mol. The third-order valence-electron chi connectivity index (χ3n) is 4.48. The largest absolute Gasteiger partial charge is 0.478 e. The van der Waals surface area contributed by atoms with Gasteiger partial charge in [-0.3, -0.25) is 0 Å². The van der Waals surface area contributed by atoms with E-state index in [0.29, 0.717) is 18.1 Å². The number of carboxylic acid groups (broad SMARTS) is 1. The lowest BCUT2D eigenvalue weighted by Gasteiger charge is -2.27. The maximum absolute atomic E-state index is 10.9. The van der Waals surface area contributed by atoms with Gasteiger partial charge in [-0.2, -0.15) is 0 Å². The van der Waals surface area contributed by atoms with E-state index in [-0.39, 0.29) is 5.56 Å². The number of aromatic carboxylic acids is 1. The van der Waals surface area contributed by atoms with Crippen LogP contribution in [0.2, 0.25) is 0 Å². The van der Waals surface area contributed by atoms with Crippen molar-refractivity contribution in [2.75, 3.05) is 6.54 Å². The summed E-state index contributed by atoms with van der Waals surface area (Å²) in [6, 6.07) is 1.62. The summed E-state index contributed by atoms with van der Waals surface area (Å²) in [4.78, 5) is 10.9. The number of hydrogen-bond acceptors (Lipinski definition) is 3. The Labute approximate surface area is 120 Å². The molecule has 1 aromatic rings. The van der Waals surface area contributed by atoms with E-state index in [0.717, 1.165) is 18.4 Å². The van der Waals surface area contributed by atoms with Crippen LogP contribution in [-0.2, 0) is 6.54 Å². The summed E-state index contributed by atoms with van der Waals surface area (Å²) in [5.41, 5.74) is 0.269. The maximum atomic E-state index is 10.9. The molecule has 1 fully saturated rings. The van der Waals surface area contributed by atoms with Crippen molar-refractivity contribution in [1.82, 2.24) is 5.32 Å². The van der Waals surface area contributed by atoms with Gasteiger partial charge in [0.15, 0.2) is 0 Å². The molecule has 0 amide bonds. The fourth-order valence-corrected chi connectivity index (χ4v) is 3.09. The number of rotatable bonds is 6. The molecule has 112 valence electrons. The molecule has 20 heavy (non-hydrogen) atoms. The number of carbonyl (C=O) groups is 1. The van der Waals surface area contributed by atoms with E-state index in [2.05, 4.69) is 12.2 Å². The molecule has 4 heteroatoms. The Morgan fingerprint density at radius 3 is 2.55 bits per heavy atom. The Bertz CT molecular complexity index is 445. The molecule has 0 atom stereocenters. The molecule has 0 unspecified atom stereocenters. The molecule has 0 bridgehead atoms. The van der Waals surface area contributed by atoms with E-state index in [9.17, 15) is 4.79 Å². The van der Waals surface area contributed by atoms with Gasteiger partial charge < -0.3 is 14.8 Å². The van der Waals surface area contributed by atoms with Gasteiger partial charge in [0.2, 0.25) is 0 Å². The Balaban J connectivity index is 1.73. The molecule has 1 aliphatic carbocycles. The van der Waals surface area contributed by atoms with Gasteiger partial charge >= 0.3 is 5.97 Å². The van der Waals surface area contributed by atoms with Crippen LogP contribution in [0.5, 0.6) is 0 Å². The highest BCUT2D eigenvalue weighted by Gasteiger charge is 2.20. The van der Waals surface area contributed by atoms with Crippen LogP contribution >= 0.6 is 0 Å². The smallest absolute Gasteiger partial charge is 0.339 e. The second-order valence-corrected chi connectivity index (χ2v) is 5.91. The van der Waals surface area contributed by atoms with Crippen molar-refractivity contribution in [2.24, 2.45) is 11.8 Å². The fraction of sp³-hybridized carbons (Fsp3) is 0.688. The molecule has 2 rings (SSSR count). The fourth-order valence-electron chi connectivity index (χ4n) is 3.09. The van der Waals surface area contributed by atoms with Gasteiger partial charge in [0.25, 0.3) is 0 Å². The Morgan fingerprint density at radius 1 is 1.35 bits per heavy atom. The van der Waals surface area contributed by atoms with Crippen molar-refractivity contribution in [3.05, 3.63) is 23.2 Å². The van der Waals surface area contributed by atoms with Crippen LogP contribution in [-0.4, -0.2) is 17.6 Å². The summed E-state index contributed by atoms with van der Waals surface area (Å²) in [5, 5.41) is 12.4. The molecule has 0 spiro atoms. The average Bonchev–Trinajstić information content (AvgIpc) is 2.81. The molecule has 1 saturated carbocycles. The van der Waals surface area contributed by atoms with Gasteiger partial charge in [0.1, 0.15) is 17.1 Å². The Morgan fingerprint density at radius 2 is 2.00 bits per heavy atom. The molecular formula is C16H25NO3. The van der Waals surface area contributed by atoms with E-state index >= 15 is 0 Å². The summed E-state index contributed by atoms with van der Waals surface area (Å²) in [6.07, 6.45) is 6.63. The van der Waals surface area contributed by atoms with Gasteiger partial charge in [-0.1, -0.05) is 26.2 Å². The minimum absolute atomic E-state index is 0.269. The van der Waals surface area contributed by atoms with Gasteiger partial charge in [-0.05, 0) is 44.2 Å². The third kappa shape index (κ3) is 3.85. The average molecular weight is 279 g/mol. The lowest BCUT2D eigenvalue weighted by Crippen LogP contribution is -2.26.